The molecule has 7 nitrogen and oxygen atoms in total. The summed E-state index contributed by atoms with van der Waals surface area (Å²) in [6, 6.07) is 2.82. The standard InChI is InChI=1S/C24H26F6N4O3/c1-5-17-11-19(21-18(34(17)22(36)37)6-7-20(31-21)32(3)4)33(13(2)35)12-14-8-15(23(25,26)27)10-16(9-14)24(28,29)30/h6-10,17,19H,5,11-12H2,1-4H3,(H,36,37)/t17-,19+/m1/s1. The van der Waals surface area contributed by atoms with Crippen LogP contribution in [-0.4, -0.2) is 47.1 Å². The van der Waals surface area contributed by atoms with Crippen LogP contribution in [0.1, 0.15) is 55.1 Å². The third-order valence-corrected chi connectivity index (χ3v) is 6.24. The van der Waals surface area contributed by atoms with Gasteiger partial charge in [-0.05, 0) is 48.7 Å². The molecule has 1 aromatic carbocycles. The van der Waals surface area contributed by atoms with Gasteiger partial charge in [0.25, 0.3) is 0 Å². The summed E-state index contributed by atoms with van der Waals surface area (Å²) in [5, 5.41) is 9.84. The van der Waals surface area contributed by atoms with Crippen LogP contribution in [0.15, 0.2) is 30.3 Å². The van der Waals surface area contributed by atoms with Gasteiger partial charge in [0.1, 0.15) is 5.82 Å². The van der Waals surface area contributed by atoms with Crippen molar-refractivity contribution in [3.05, 3.63) is 52.7 Å². The molecule has 202 valence electrons. The Hall–Kier alpha value is -3.51. The minimum Gasteiger partial charge on any atom is -0.465 e. The number of amides is 2. The van der Waals surface area contributed by atoms with Gasteiger partial charge >= 0.3 is 18.4 Å². The largest absolute Gasteiger partial charge is 0.465 e. The van der Waals surface area contributed by atoms with E-state index in [1.165, 1.54) is 6.07 Å². The Labute approximate surface area is 209 Å². The van der Waals surface area contributed by atoms with E-state index < -0.39 is 54.1 Å². The van der Waals surface area contributed by atoms with E-state index in [1.54, 1.807) is 32.0 Å². The normalized spacial score (nSPS) is 17.8. The van der Waals surface area contributed by atoms with E-state index in [9.17, 15) is 41.0 Å². The summed E-state index contributed by atoms with van der Waals surface area (Å²) in [4.78, 5) is 33.3. The van der Waals surface area contributed by atoms with E-state index in [4.69, 9.17) is 0 Å². The monoisotopic (exact) mass is 532 g/mol. The van der Waals surface area contributed by atoms with E-state index in [0.29, 0.717) is 24.4 Å². The van der Waals surface area contributed by atoms with Crippen molar-refractivity contribution in [3.8, 4) is 0 Å². The van der Waals surface area contributed by atoms with Crippen molar-refractivity contribution >= 4 is 23.5 Å². The lowest BCUT2D eigenvalue weighted by Crippen LogP contribution is -2.48. The van der Waals surface area contributed by atoms with Crippen molar-refractivity contribution in [1.29, 1.82) is 0 Å². The molecule has 13 heteroatoms. The molecule has 2 atom stereocenters. The van der Waals surface area contributed by atoms with Crippen LogP contribution in [0.4, 0.5) is 42.6 Å². The van der Waals surface area contributed by atoms with Crippen LogP contribution in [0.3, 0.4) is 0 Å². The van der Waals surface area contributed by atoms with Crippen LogP contribution < -0.4 is 9.80 Å². The summed E-state index contributed by atoms with van der Waals surface area (Å²) < 4.78 is 80.4. The molecule has 0 spiro atoms. The number of nitrogens with zero attached hydrogens (tertiary/aromatic N) is 4. The quantitative estimate of drug-likeness (QED) is 0.483. The van der Waals surface area contributed by atoms with Crippen LogP contribution in [-0.2, 0) is 23.7 Å². The maximum absolute atomic E-state index is 13.4. The minimum absolute atomic E-state index is 0.0281. The first-order chi connectivity index (χ1) is 17.0. The van der Waals surface area contributed by atoms with Gasteiger partial charge in [0.05, 0.1) is 28.6 Å². The number of rotatable bonds is 5. The maximum atomic E-state index is 13.4. The zero-order valence-electron chi connectivity index (χ0n) is 20.5. The lowest BCUT2D eigenvalue weighted by molar-refractivity contribution is -0.143. The Morgan fingerprint density at radius 1 is 1.05 bits per heavy atom. The molecule has 2 heterocycles. The maximum Gasteiger partial charge on any atom is 0.416 e. The van der Waals surface area contributed by atoms with Gasteiger partial charge in [-0.3, -0.25) is 9.69 Å². The van der Waals surface area contributed by atoms with Gasteiger partial charge in [-0.1, -0.05) is 6.92 Å². The van der Waals surface area contributed by atoms with Crippen LogP contribution in [0, 0.1) is 0 Å². The average molecular weight is 532 g/mol. The number of alkyl halides is 6. The number of halogens is 6. The number of carbonyl (C=O) groups is 2. The minimum atomic E-state index is -5.04. The number of anilines is 2. The molecular formula is C24H26F6N4O3. The van der Waals surface area contributed by atoms with E-state index in [2.05, 4.69) is 4.98 Å². The van der Waals surface area contributed by atoms with E-state index >= 15 is 0 Å². The summed E-state index contributed by atoms with van der Waals surface area (Å²) in [5.74, 6) is -0.177. The number of benzene rings is 1. The molecule has 1 N–H and O–H groups in total. The van der Waals surface area contributed by atoms with E-state index in [-0.39, 0.29) is 29.4 Å². The van der Waals surface area contributed by atoms with Crippen molar-refractivity contribution in [2.24, 2.45) is 0 Å². The van der Waals surface area contributed by atoms with Crippen molar-refractivity contribution in [2.45, 2.75) is 57.7 Å². The summed E-state index contributed by atoms with van der Waals surface area (Å²) in [5.41, 5.74) is -2.94. The highest BCUT2D eigenvalue weighted by Crippen LogP contribution is 2.43. The molecule has 1 aliphatic rings. The first-order valence-electron chi connectivity index (χ1n) is 11.3. The second-order valence-corrected chi connectivity index (χ2v) is 9.00. The first-order valence-corrected chi connectivity index (χ1v) is 11.3. The van der Waals surface area contributed by atoms with Gasteiger partial charge in [-0.25, -0.2) is 9.78 Å². The zero-order valence-corrected chi connectivity index (χ0v) is 20.5. The SMILES string of the molecule is CC[C@@H]1C[C@H](N(Cc2cc(C(F)(F)F)cc(C(F)(F)F)c2)C(C)=O)c2nc(N(C)C)ccc2N1C(=O)O. The van der Waals surface area contributed by atoms with Crippen LogP contribution >= 0.6 is 0 Å². The fourth-order valence-electron chi connectivity index (χ4n) is 4.46. The van der Waals surface area contributed by atoms with Crippen molar-refractivity contribution in [1.82, 2.24) is 9.88 Å². The van der Waals surface area contributed by atoms with Gasteiger partial charge in [0.15, 0.2) is 0 Å². The highest BCUT2D eigenvalue weighted by molar-refractivity contribution is 5.89. The molecule has 0 bridgehead atoms. The van der Waals surface area contributed by atoms with Crippen molar-refractivity contribution < 1.29 is 41.0 Å². The number of hydrogen-bond acceptors (Lipinski definition) is 4. The molecule has 0 saturated carbocycles. The predicted molar refractivity (Wildman–Crippen MR) is 123 cm³/mol. The van der Waals surface area contributed by atoms with Crippen molar-refractivity contribution in [3.63, 3.8) is 0 Å². The number of aromatic nitrogens is 1. The molecule has 0 fully saturated rings. The van der Waals surface area contributed by atoms with Gasteiger partial charge in [0.2, 0.25) is 5.91 Å². The lowest BCUT2D eigenvalue weighted by Gasteiger charge is -2.42. The topological polar surface area (TPSA) is 77.0 Å². The molecule has 37 heavy (non-hydrogen) atoms. The molecule has 2 amide bonds. The second-order valence-electron chi connectivity index (χ2n) is 9.00. The number of carboxylic acid groups (broad SMARTS) is 1. The van der Waals surface area contributed by atoms with Crippen molar-refractivity contribution in [2.75, 3.05) is 23.9 Å². The number of fused-ring (bicyclic) bond motifs is 1. The molecule has 0 aliphatic carbocycles. The van der Waals surface area contributed by atoms with Gasteiger partial charge in [-0.2, -0.15) is 26.3 Å². The third kappa shape index (κ3) is 5.91. The molecule has 1 aromatic heterocycles. The number of hydrogen-bond donors (Lipinski definition) is 1. The average Bonchev–Trinajstić information content (AvgIpc) is 2.79. The molecule has 3 rings (SSSR count). The highest BCUT2D eigenvalue weighted by atomic mass is 19.4. The summed E-state index contributed by atoms with van der Waals surface area (Å²) >= 11 is 0. The number of pyridine rings is 1. The Bertz CT molecular complexity index is 1150. The Morgan fingerprint density at radius 3 is 2.05 bits per heavy atom. The fourth-order valence-corrected chi connectivity index (χ4v) is 4.46. The summed E-state index contributed by atoms with van der Waals surface area (Å²) in [6.45, 7) is 2.33. The van der Waals surface area contributed by atoms with Gasteiger partial charge < -0.3 is 14.9 Å². The predicted octanol–water partition coefficient (Wildman–Crippen LogP) is 5.94. The highest BCUT2D eigenvalue weighted by Gasteiger charge is 2.41. The second kappa shape index (κ2) is 10.1. The smallest absolute Gasteiger partial charge is 0.416 e. The summed E-state index contributed by atoms with van der Waals surface area (Å²) in [6.07, 6.45) is -10.9. The lowest BCUT2D eigenvalue weighted by atomic mass is 9.91. The van der Waals surface area contributed by atoms with E-state index in [0.717, 1.165) is 16.7 Å². The van der Waals surface area contributed by atoms with Crippen LogP contribution in [0.2, 0.25) is 0 Å². The molecular weight excluding hydrogens is 506 g/mol. The summed E-state index contributed by atoms with van der Waals surface area (Å²) in [7, 11) is 3.39. The zero-order chi connectivity index (χ0) is 27.9. The Kier molecular flexibility index (Phi) is 7.66. The molecule has 1 aliphatic heterocycles. The van der Waals surface area contributed by atoms with Gasteiger partial charge in [0, 0.05) is 33.6 Å². The molecule has 0 unspecified atom stereocenters. The van der Waals surface area contributed by atoms with Crippen LogP contribution in [0.25, 0.3) is 0 Å². The third-order valence-electron chi connectivity index (χ3n) is 6.24. The Balaban J connectivity index is 2.16. The number of carbonyl (C=O) groups excluding carboxylic acids is 1. The molecule has 2 aromatic rings. The fraction of sp³-hybridized carbons (Fsp3) is 0.458. The Morgan fingerprint density at radius 2 is 1.62 bits per heavy atom. The molecule has 0 radical (unpaired) electrons. The van der Waals surface area contributed by atoms with Gasteiger partial charge in [-0.15, -0.1) is 0 Å². The molecule has 0 saturated heterocycles. The van der Waals surface area contributed by atoms with E-state index in [1.807, 2.05) is 0 Å². The first kappa shape index (κ1) is 28.1. The van der Waals surface area contributed by atoms with Crippen LogP contribution in [0.5, 0.6) is 0 Å².